The van der Waals surface area contributed by atoms with Crippen LogP contribution in [-0.2, 0) is 16.0 Å². The molecule has 1 amide bonds. The molecule has 1 atom stereocenters. The number of benzene rings is 1. The predicted octanol–water partition coefficient (Wildman–Crippen LogP) is 2.50. The van der Waals surface area contributed by atoms with Crippen LogP contribution in [0.15, 0.2) is 30.3 Å². The van der Waals surface area contributed by atoms with Crippen LogP contribution in [0.3, 0.4) is 0 Å². The molecule has 0 aliphatic carbocycles. The lowest BCUT2D eigenvalue weighted by Crippen LogP contribution is -2.27. The molecule has 18 heavy (non-hydrogen) atoms. The van der Waals surface area contributed by atoms with Crippen LogP contribution < -0.4 is 5.32 Å². The van der Waals surface area contributed by atoms with Crippen molar-refractivity contribution in [1.82, 2.24) is 5.32 Å². The summed E-state index contributed by atoms with van der Waals surface area (Å²) >= 11 is 5.30. The van der Waals surface area contributed by atoms with E-state index < -0.39 is 11.3 Å². The fraction of sp³-hybridized carbons (Fsp3) is 0.385. The van der Waals surface area contributed by atoms with Gasteiger partial charge in [0.1, 0.15) is 6.10 Å². The Morgan fingerprint density at radius 1 is 1.33 bits per heavy atom. The van der Waals surface area contributed by atoms with Crippen molar-refractivity contribution >= 4 is 22.9 Å². The highest BCUT2D eigenvalue weighted by Crippen LogP contribution is 2.12. The summed E-state index contributed by atoms with van der Waals surface area (Å²) in [6.45, 7) is 0. The Hall–Kier alpha value is -1.55. The molecule has 0 aliphatic heterocycles. The smallest absolute Gasteiger partial charge is 0.407 e. The molecule has 0 radical (unpaired) electrons. The molecule has 0 saturated heterocycles. The number of rotatable bonds is 6. The summed E-state index contributed by atoms with van der Waals surface area (Å²) in [5.41, 5.74) is 1.05. The quantitative estimate of drug-likeness (QED) is 0.808. The lowest BCUT2D eigenvalue weighted by atomic mass is 10.0. The molecule has 0 spiro atoms. The third-order valence-electron chi connectivity index (χ3n) is 2.45. The first-order valence-electron chi connectivity index (χ1n) is 5.72. The van der Waals surface area contributed by atoms with Gasteiger partial charge in [-0.15, -0.1) is 0 Å². The first kappa shape index (κ1) is 14.5. The fourth-order valence-electron chi connectivity index (χ4n) is 1.56. The second kappa shape index (κ2) is 7.71. The normalized spacial score (nSPS) is 11.7. The molecule has 1 unspecified atom stereocenters. The molecule has 0 saturated carbocycles. The number of nitrogens with one attached hydrogen (secondary N) is 1. The van der Waals surface area contributed by atoms with Gasteiger partial charge in [0, 0.05) is 19.9 Å². The van der Waals surface area contributed by atoms with E-state index in [1.165, 1.54) is 7.05 Å². The van der Waals surface area contributed by atoms with Crippen LogP contribution in [0.5, 0.6) is 0 Å². The van der Waals surface area contributed by atoms with Crippen molar-refractivity contribution < 1.29 is 14.3 Å². The fourth-order valence-corrected chi connectivity index (χ4v) is 1.67. The number of halogens is 1. The van der Waals surface area contributed by atoms with E-state index in [0.29, 0.717) is 12.8 Å². The molecule has 0 aliphatic rings. The van der Waals surface area contributed by atoms with Crippen LogP contribution in [0.2, 0.25) is 0 Å². The van der Waals surface area contributed by atoms with Gasteiger partial charge >= 0.3 is 6.09 Å². The van der Waals surface area contributed by atoms with Crippen molar-refractivity contribution in [2.45, 2.75) is 25.4 Å². The molecule has 4 nitrogen and oxygen atoms in total. The van der Waals surface area contributed by atoms with Gasteiger partial charge in [0.25, 0.3) is 0 Å². The van der Waals surface area contributed by atoms with Crippen LogP contribution in [0.4, 0.5) is 4.79 Å². The number of amides is 1. The summed E-state index contributed by atoms with van der Waals surface area (Å²) in [6, 6.07) is 9.64. The summed E-state index contributed by atoms with van der Waals surface area (Å²) in [5, 5.41) is 1.97. The number of carbonyl (C=O) groups excluding carboxylic acids is 2. The van der Waals surface area contributed by atoms with Gasteiger partial charge in [-0.2, -0.15) is 0 Å². The second-order valence-electron chi connectivity index (χ2n) is 3.86. The zero-order chi connectivity index (χ0) is 13.4. The van der Waals surface area contributed by atoms with Crippen molar-refractivity contribution in [2.75, 3.05) is 7.05 Å². The van der Waals surface area contributed by atoms with Gasteiger partial charge < -0.3 is 10.1 Å². The molecule has 98 valence electrons. The topological polar surface area (TPSA) is 55.4 Å². The Bertz CT molecular complexity index is 394. The molecule has 1 rings (SSSR count). The molecule has 0 fully saturated rings. The van der Waals surface area contributed by atoms with Crippen molar-refractivity contribution in [3.63, 3.8) is 0 Å². The highest BCUT2D eigenvalue weighted by Gasteiger charge is 2.15. The van der Waals surface area contributed by atoms with E-state index in [1.807, 2.05) is 30.3 Å². The Balaban J connectivity index is 2.58. The maximum Gasteiger partial charge on any atom is 0.407 e. The van der Waals surface area contributed by atoms with Gasteiger partial charge in [-0.3, -0.25) is 4.79 Å². The average molecular weight is 270 g/mol. The predicted molar refractivity (Wildman–Crippen MR) is 69.6 cm³/mol. The van der Waals surface area contributed by atoms with Crippen LogP contribution in [0.1, 0.15) is 18.4 Å². The zero-order valence-electron chi connectivity index (χ0n) is 10.2. The van der Waals surface area contributed by atoms with Crippen LogP contribution in [0, 0.1) is 0 Å². The lowest BCUT2D eigenvalue weighted by molar-refractivity contribution is -0.112. The van der Waals surface area contributed by atoms with Gasteiger partial charge in [0.2, 0.25) is 5.24 Å². The van der Waals surface area contributed by atoms with E-state index in [4.69, 9.17) is 16.3 Å². The number of carbonyl (C=O) groups is 2. The van der Waals surface area contributed by atoms with E-state index in [0.717, 1.165) is 5.56 Å². The van der Waals surface area contributed by atoms with Crippen molar-refractivity contribution in [1.29, 1.82) is 0 Å². The first-order chi connectivity index (χ1) is 8.61. The summed E-state index contributed by atoms with van der Waals surface area (Å²) in [4.78, 5) is 22.0. The highest BCUT2D eigenvalue weighted by atomic mass is 35.5. The van der Waals surface area contributed by atoms with E-state index in [1.54, 1.807) is 0 Å². The van der Waals surface area contributed by atoms with Crippen molar-refractivity contribution in [3.8, 4) is 0 Å². The van der Waals surface area contributed by atoms with Gasteiger partial charge in [-0.1, -0.05) is 30.3 Å². The van der Waals surface area contributed by atoms with Crippen molar-refractivity contribution in [3.05, 3.63) is 35.9 Å². The van der Waals surface area contributed by atoms with E-state index in [2.05, 4.69) is 5.32 Å². The van der Waals surface area contributed by atoms with Gasteiger partial charge in [-0.05, 0) is 23.6 Å². The Morgan fingerprint density at radius 2 is 2.00 bits per heavy atom. The largest absolute Gasteiger partial charge is 0.446 e. The highest BCUT2D eigenvalue weighted by molar-refractivity contribution is 6.63. The van der Waals surface area contributed by atoms with E-state index >= 15 is 0 Å². The molecular formula is C13H16ClNO3. The minimum Gasteiger partial charge on any atom is -0.446 e. The van der Waals surface area contributed by atoms with Gasteiger partial charge in [0.15, 0.2) is 0 Å². The summed E-state index contributed by atoms with van der Waals surface area (Å²) in [6.07, 6.45) is 0.326. The Labute approximate surface area is 111 Å². The second-order valence-corrected chi connectivity index (χ2v) is 4.28. The zero-order valence-corrected chi connectivity index (χ0v) is 10.9. The molecule has 0 bridgehead atoms. The average Bonchev–Trinajstić information content (AvgIpc) is 2.37. The Kier molecular flexibility index (Phi) is 6.22. The van der Waals surface area contributed by atoms with Crippen LogP contribution in [-0.4, -0.2) is 24.5 Å². The minimum absolute atomic E-state index is 0.191. The number of hydrogen-bond acceptors (Lipinski definition) is 3. The molecule has 0 aromatic heterocycles. The van der Waals surface area contributed by atoms with Crippen LogP contribution in [0.25, 0.3) is 0 Å². The summed E-state index contributed by atoms with van der Waals surface area (Å²) in [7, 11) is 1.49. The minimum atomic E-state index is -0.502. The summed E-state index contributed by atoms with van der Waals surface area (Å²) < 4.78 is 5.19. The van der Waals surface area contributed by atoms with E-state index in [9.17, 15) is 9.59 Å². The first-order valence-corrected chi connectivity index (χ1v) is 6.10. The number of alkyl carbamates (subject to hydrolysis) is 1. The van der Waals surface area contributed by atoms with Crippen molar-refractivity contribution in [2.24, 2.45) is 0 Å². The molecule has 5 heteroatoms. The SMILES string of the molecule is CNC(=O)OC(CCC(=O)Cl)Cc1ccccc1. The standard InChI is InChI=1S/C13H16ClNO3/c1-15-13(17)18-11(7-8-12(14)16)9-10-5-3-2-4-6-10/h2-6,11H,7-9H2,1H3,(H,15,17). The monoisotopic (exact) mass is 269 g/mol. The molecule has 1 aromatic carbocycles. The molecule has 0 heterocycles. The Morgan fingerprint density at radius 3 is 2.56 bits per heavy atom. The maximum absolute atomic E-state index is 11.2. The number of ether oxygens (including phenoxy) is 1. The molecule has 1 aromatic rings. The van der Waals surface area contributed by atoms with Gasteiger partial charge in [-0.25, -0.2) is 4.79 Å². The molecule has 1 N–H and O–H groups in total. The number of hydrogen-bond donors (Lipinski definition) is 1. The summed E-state index contributed by atoms with van der Waals surface area (Å²) in [5.74, 6) is 0. The van der Waals surface area contributed by atoms with Crippen LogP contribution >= 0.6 is 11.6 Å². The third kappa shape index (κ3) is 5.68. The lowest BCUT2D eigenvalue weighted by Gasteiger charge is -2.17. The van der Waals surface area contributed by atoms with E-state index in [-0.39, 0.29) is 12.5 Å². The third-order valence-corrected chi connectivity index (χ3v) is 2.64. The maximum atomic E-state index is 11.2. The molecular weight excluding hydrogens is 254 g/mol. The van der Waals surface area contributed by atoms with Gasteiger partial charge in [0.05, 0.1) is 0 Å².